The SMILES string of the molecule is CCc1nc2ccc(C(=O)N3CCC(c4nc5ccc(F)cc5[nH]4)CC3)cn2c1C. The number of likely N-dealkylation sites (tertiary alicyclic amines) is 1. The van der Waals surface area contributed by atoms with Crippen LogP contribution in [0.15, 0.2) is 36.5 Å². The number of nitrogens with one attached hydrogen (secondary N) is 1. The number of amides is 1. The monoisotopic (exact) mass is 405 g/mol. The summed E-state index contributed by atoms with van der Waals surface area (Å²) in [4.78, 5) is 27.5. The molecule has 0 bridgehead atoms. The van der Waals surface area contributed by atoms with Crippen LogP contribution >= 0.6 is 0 Å². The number of carbonyl (C=O) groups is 1. The van der Waals surface area contributed by atoms with Crippen molar-refractivity contribution < 1.29 is 9.18 Å². The Hall–Kier alpha value is -3.22. The van der Waals surface area contributed by atoms with Crippen molar-refractivity contribution in [1.82, 2.24) is 24.3 Å². The Bertz CT molecular complexity index is 1250. The minimum absolute atomic E-state index is 0.0492. The molecule has 7 heteroatoms. The molecule has 4 aromatic rings. The molecule has 0 spiro atoms. The van der Waals surface area contributed by atoms with E-state index in [0.717, 1.165) is 53.2 Å². The smallest absolute Gasteiger partial charge is 0.255 e. The molecule has 4 heterocycles. The lowest BCUT2D eigenvalue weighted by atomic mass is 9.96. The lowest BCUT2D eigenvalue weighted by Crippen LogP contribution is -2.38. The zero-order valence-electron chi connectivity index (χ0n) is 17.2. The molecule has 0 saturated carbocycles. The fourth-order valence-corrected chi connectivity index (χ4v) is 4.41. The number of imidazole rings is 2. The van der Waals surface area contributed by atoms with Gasteiger partial charge in [-0.05, 0) is 56.5 Å². The standard InChI is InChI=1S/C23H24FN5O/c1-3-18-14(2)29-13-16(4-7-21(29)25-18)23(30)28-10-8-15(9-11-28)22-26-19-6-5-17(24)12-20(19)27-22/h4-7,12-13,15H,3,8-11H2,1-2H3,(H,26,27). The van der Waals surface area contributed by atoms with Gasteiger partial charge in [0, 0.05) is 30.9 Å². The average Bonchev–Trinajstić information content (AvgIpc) is 3.33. The highest BCUT2D eigenvalue weighted by Gasteiger charge is 2.27. The molecule has 6 nitrogen and oxygen atoms in total. The summed E-state index contributed by atoms with van der Waals surface area (Å²) in [5, 5.41) is 0. The molecule has 1 aliphatic rings. The zero-order valence-corrected chi connectivity index (χ0v) is 17.2. The van der Waals surface area contributed by atoms with E-state index >= 15 is 0 Å². The van der Waals surface area contributed by atoms with Gasteiger partial charge in [-0.15, -0.1) is 0 Å². The van der Waals surface area contributed by atoms with Gasteiger partial charge in [0.05, 0.1) is 22.3 Å². The van der Waals surface area contributed by atoms with Gasteiger partial charge < -0.3 is 14.3 Å². The average molecular weight is 405 g/mol. The first-order valence-corrected chi connectivity index (χ1v) is 10.5. The quantitative estimate of drug-likeness (QED) is 0.554. The number of piperidine rings is 1. The number of carbonyl (C=O) groups excluding carboxylic acids is 1. The highest BCUT2D eigenvalue weighted by molar-refractivity contribution is 5.94. The second kappa shape index (κ2) is 7.23. The molecule has 0 unspecified atom stereocenters. The van der Waals surface area contributed by atoms with Crippen LogP contribution in [0.2, 0.25) is 0 Å². The van der Waals surface area contributed by atoms with Crippen molar-refractivity contribution in [1.29, 1.82) is 0 Å². The number of halogens is 1. The van der Waals surface area contributed by atoms with Gasteiger partial charge in [-0.2, -0.15) is 0 Å². The Morgan fingerprint density at radius 2 is 2.00 bits per heavy atom. The molecule has 3 aromatic heterocycles. The van der Waals surface area contributed by atoms with Gasteiger partial charge in [-0.3, -0.25) is 4.79 Å². The molecular weight excluding hydrogens is 381 g/mol. The number of aromatic nitrogens is 4. The fourth-order valence-electron chi connectivity index (χ4n) is 4.41. The van der Waals surface area contributed by atoms with Crippen LogP contribution < -0.4 is 0 Å². The number of nitrogens with zero attached hydrogens (tertiary/aromatic N) is 4. The molecule has 0 atom stereocenters. The largest absolute Gasteiger partial charge is 0.342 e. The van der Waals surface area contributed by atoms with Crippen LogP contribution in [-0.2, 0) is 6.42 Å². The van der Waals surface area contributed by atoms with E-state index in [0.29, 0.717) is 18.7 Å². The van der Waals surface area contributed by atoms with Gasteiger partial charge in [0.1, 0.15) is 17.3 Å². The maximum Gasteiger partial charge on any atom is 0.255 e. The van der Waals surface area contributed by atoms with Gasteiger partial charge in [0.25, 0.3) is 5.91 Å². The van der Waals surface area contributed by atoms with Crippen LogP contribution in [0, 0.1) is 12.7 Å². The molecule has 1 saturated heterocycles. The van der Waals surface area contributed by atoms with E-state index in [2.05, 4.69) is 21.9 Å². The van der Waals surface area contributed by atoms with Crippen molar-refractivity contribution in [3.8, 4) is 0 Å². The van der Waals surface area contributed by atoms with Crippen LogP contribution in [0.4, 0.5) is 4.39 Å². The third kappa shape index (κ3) is 3.14. The molecule has 0 aliphatic carbocycles. The molecule has 5 rings (SSSR count). The number of pyridine rings is 1. The fraction of sp³-hybridized carbons (Fsp3) is 0.348. The molecule has 1 N–H and O–H groups in total. The summed E-state index contributed by atoms with van der Waals surface area (Å²) in [5.74, 6) is 0.905. The van der Waals surface area contributed by atoms with E-state index in [1.54, 1.807) is 6.07 Å². The number of aromatic amines is 1. The minimum atomic E-state index is -0.269. The van der Waals surface area contributed by atoms with Gasteiger partial charge >= 0.3 is 0 Å². The summed E-state index contributed by atoms with van der Waals surface area (Å²) in [6.45, 7) is 5.48. The van der Waals surface area contributed by atoms with Crippen LogP contribution in [0.3, 0.4) is 0 Å². The van der Waals surface area contributed by atoms with Crippen molar-refractivity contribution >= 4 is 22.6 Å². The van der Waals surface area contributed by atoms with Crippen molar-refractivity contribution in [3.63, 3.8) is 0 Å². The molecule has 1 amide bonds. The van der Waals surface area contributed by atoms with Gasteiger partial charge in [0.2, 0.25) is 0 Å². The van der Waals surface area contributed by atoms with E-state index < -0.39 is 0 Å². The van der Waals surface area contributed by atoms with Gasteiger partial charge in [-0.1, -0.05) is 6.92 Å². The Labute approximate surface area is 173 Å². The second-order valence-electron chi connectivity index (χ2n) is 7.99. The number of benzene rings is 1. The third-order valence-corrected chi connectivity index (χ3v) is 6.17. The van der Waals surface area contributed by atoms with Crippen LogP contribution in [-0.4, -0.2) is 43.2 Å². The first-order chi connectivity index (χ1) is 14.5. The molecule has 0 radical (unpaired) electrons. The number of hydrogen-bond acceptors (Lipinski definition) is 3. The van der Waals surface area contributed by atoms with E-state index in [1.165, 1.54) is 12.1 Å². The predicted octanol–water partition coefficient (Wildman–Crippen LogP) is 4.24. The lowest BCUT2D eigenvalue weighted by Gasteiger charge is -2.31. The maximum absolute atomic E-state index is 13.4. The summed E-state index contributed by atoms with van der Waals surface area (Å²) in [6.07, 6.45) is 4.44. The normalized spacial score (nSPS) is 15.4. The van der Waals surface area contributed by atoms with Crippen LogP contribution in [0.25, 0.3) is 16.7 Å². The first kappa shape index (κ1) is 18.8. The van der Waals surface area contributed by atoms with Gasteiger partial charge in [0.15, 0.2) is 0 Å². The summed E-state index contributed by atoms with van der Waals surface area (Å²) in [5.41, 5.74) is 5.21. The topological polar surface area (TPSA) is 66.3 Å². The van der Waals surface area contributed by atoms with Crippen molar-refractivity contribution in [2.75, 3.05) is 13.1 Å². The Morgan fingerprint density at radius 3 is 2.77 bits per heavy atom. The predicted molar refractivity (Wildman–Crippen MR) is 113 cm³/mol. The summed E-state index contributed by atoms with van der Waals surface area (Å²) < 4.78 is 15.4. The maximum atomic E-state index is 13.4. The van der Waals surface area contributed by atoms with Gasteiger partial charge in [-0.25, -0.2) is 14.4 Å². The molecule has 1 aliphatic heterocycles. The molecule has 154 valence electrons. The van der Waals surface area contributed by atoms with Crippen LogP contribution in [0.1, 0.15) is 53.3 Å². The van der Waals surface area contributed by atoms with Crippen molar-refractivity contribution in [2.24, 2.45) is 0 Å². The number of hydrogen-bond donors (Lipinski definition) is 1. The van der Waals surface area contributed by atoms with Crippen LogP contribution in [0.5, 0.6) is 0 Å². The van der Waals surface area contributed by atoms with E-state index in [-0.39, 0.29) is 17.6 Å². The summed E-state index contributed by atoms with van der Waals surface area (Å²) in [7, 11) is 0. The molecule has 1 aromatic carbocycles. The minimum Gasteiger partial charge on any atom is -0.342 e. The number of rotatable bonds is 3. The number of H-pyrrole nitrogens is 1. The molecule has 30 heavy (non-hydrogen) atoms. The van der Waals surface area contributed by atoms with E-state index in [9.17, 15) is 9.18 Å². The summed E-state index contributed by atoms with van der Waals surface area (Å²) in [6, 6.07) is 8.38. The number of fused-ring (bicyclic) bond motifs is 2. The first-order valence-electron chi connectivity index (χ1n) is 10.5. The van der Waals surface area contributed by atoms with Crippen molar-refractivity contribution in [2.45, 2.75) is 39.0 Å². The van der Waals surface area contributed by atoms with E-state index in [1.807, 2.05) is 34.6 Å². The molecular formula is C23H24FN5O. The molecule has 1 fully saturated rings. The van der Waals surface area contributed by atoms with E-state index in [4.69, 9.17) is 0 Å². The zero-order chi connectivity index (χ0) is 20.8. The Morgan fingerprint density at radius 1 is 1.20 bits per heavy atom. The Kier molecular flexibility index (Phi) is 4.53. The highest BCUT2D eigenvalue weighted by Crippen LogP contribution is 2.28. The Balaban J connectivity index is 1.31. The van der Waals surface area contributed by atoms with Crippen molar-refractivity contribution in [3.05, 3.63) is 65.1 Å². The second-order valence-corrected chi connectivity index (χ2v) is 7.99. The highest BCUT2D eigenvalue weighted by atomic mass is 19.1. The summed E-state index contributed by atoms with van der Waals surface area (Å²) >= 11 is 0. The number of aryl methyl sites for hydroxylation is 2. The third-order valence-electron chi connectivity index (χ3n) is 6.17. The lowest BCUT2D eigenvalue weighted by molar-refractivity contribution is 0.0711.